The van der Waals surface area contributed by atoms with Crippen molar-refractivity contribution in [1.82, 2.24) is 15.5 Å². The number of nitrogens with zero attached hydrogens (tertiary/aromatic N) is 2. The highest BCUT2D eigenvalue weighted by Gasteiger charge is 2.15. The van der Waals surface area contributed by atoms with E-state index in [-0.39, 0.29) is 5.91 Å². The Kier molecular flexibility index (Phi) is 5.81. The minimum absolute atomic E-state index is 0.0726. The summed E-state index contributed by atoms with van der Waals surface area (Å²) in [6.45, 7) is 2.67. The van der Waals surface area contributed by atoms with Crippen molar-refractivity contribution < 1.29 is 9.32 Å². The molecule has 146 valence electrons. The van der Waals surface area contributed by atoms with Crippen molar-refractivity contribution >= 4 is 17.2 Å². The molecule has 0 unspecified atom stereocenters. The normalized spacial score (nSPS) is 10.8. The Morgan fingerprint density at radius 2 is 1.83 bits per heavy atom. The zero-order chi connectivity index (χ0) is 20.1. The lowest BCUT2D eigenvalue weighted by atomic mass is 10.1. The van der Waals surface area contributed by atoms with Crippen LogP contribution in [0.15, 0.2) is 71.3 Å². The largest absolute Gasteiger partial charge is 0.351 e. The maximum Gasteiger partial charge on any atom is 0.261 e. The van der Waals surface area contributed by atoms with E-state index in [0.717, 1.165) is 23.3 Å². The van der Waals surface area contributed by atoms with E-state index < -0.39 is 0 Å². The maximum absolute atomic E-state index is 12.4. The van der Waals surface area contributed by atoms with Crippen LogP contribution in [0.2, 0.25) is 0 Å². The highest BCUT2D eigenvalue weighted by molar-refractivity contribution is 7.17. The molecule has 5 nitrogen and oxygen atoms in total. The second-order valence-corrected chi connectivity index (χ2v) is 7.88. The number of aromatic nitrogens is 2. The predicted octanol–water partition coefficient (Wildman–Crippen LogP) is 5.14. The summed E-state index contributed by atoms with van der Waals surface area (Å²) >= 11 is 1.36. The summed E-state index contributed by atoms with van der Waals surface area (Å²) in [6, 6.07) is 21.8. The van der Waals surface area contributed by atoms with E-state index in [9.17, 15) is 4.79 Å². The van der Waals surface area contributed by atoms with Crippen molar-refractivity contribution in [1.29, 1.82) is 0 Å². The van der Waals surface area contributed by atoms with Gasteiger partial charge in [0.05, 0.1) is 9.75 Å². The van der Waals surface area contributed by atoms with Gasteiger partial charge in [-0.3, -0.25) is 4.79 Å². The van der Waals surface area contributed by atoms with E-state index in [1.54, 1.807) is 6.07 Å². The number of carbonyl (C=O) groups excluding carboxylic acids is 1. The van der Waals surface area contributed by atoms with Crippen molar-refractivity contribution in [3.63, 3.8) is 0 Å². The van der Waals surface area contributed by atoms with Crippen LogP contribution in [-0.2, 0) is 6.42 Å². The van der Waals surface area contributed by atoms with Crippen molar-refractivity contribution in [3.05, 3.63) is 82.7 Å². The Balaban J connectivity index is 1.34. The maximum atomic E-state index is 12.4. The molecule has 0 bridgehead atoms. The number of hydrogen-bond acceptors (Lipinski definition) is 5. The summed E-state index contributed by atoms with van der Waals surface area (Å²) in [5.74, 6) is 0.894. The third-order valence-electron chi connectivity index (χ3n) is 4.55. The first kappa shape index (κ1) is 19.1. The molecule has 0 aliphatic carbocycles. The standard InChI is InChI=1S/C23H21N3O2S/c1-16-9-11-18(12-10-16)23-25-21(26-28-23)19-13-14-20(29-19)22(27)24-15-5-8-17-6-3-2-4-7-17/h2-4,6-7,9-14H,5,8,15H2,1H3,(H,24,27). The van der Waals surface area contributed by atoms with E-state index in [0.29, 0.717) is 23.1 Å². The Morgan fingerprint density at radius 3 is 2.62 bits per heavy atom. The molecular formula is C23H21N3O2S. The van der Waals surface area contributed by atoms with Crippen LogP contribution in [0.5, 0.6) is 0 Å². The van der Waals surface area contributed by atoms with Gasteiger partial charge < -0.3 is 9.84 Å². The second kappa shape index (κ2) is 8.84. The van der Waals surface area contributed by atoms with Gasteiger partial charge in [-0.1, -0.05) is 53.2 Å². The van der Waals surface area contributed by atoms with Crippen LogP contribution in [0.1, 0.15) is 27.2 Å². The van der Waals surface area contributed by atoms with Gasteiger partial charge in [0.25, 0.3) is 11.8 Å². The van der Waals surface area contributed by atoms with Gasteiger partial charge in [-0.2, -0.15) is 4.98 Å². The molecule has 0 saturated heterocycles. The molecule has 6 heteroatoms. The zero-order valence-electron chi connectivity index (χ0n) is 16.1. The summed E-state index contributed by atoms with van der Waals surface area (Å²) in [5.41, 5.74) is 3.33. The molecule has 0 atom stereocenters. The molecule has 4 aromatic rings. The minimum atomic E-state index is -0.0726. The van der Waals surface area contributed by atoms with Gasteiger partial charge in [0.15, 0.2) is 0 Å². The number of benzene rings is 2. The van der Waals surface area contributed by atoms with Gasteiger partial charge in [0.1, 0.15) is 0 Å². The third kappa shape index (κ3) is 4.78. The topological polar surface area (TPSA) is 68.0 Å². The Hall–Kier alpha value is -3.25. The van der Waals surface area contributed by atoms with Gasteiger partial charge in [-0.05, 0) is 49.6 Å². The minimum Gasteiger partial charge on any atom is -0.351 e. The average molecular weight is 404 g/mol. The van der Waals surface area contributed by atoms with Crippen LogP contribution in [-0.4, -0.2) is 22.6 Å². The van der Waals surface area contributed by atoms with E-state index >= 15 is 0 Å². The zero-order valence-corrected chi connectivity index (χ0v) is 16.9. The number of rotatable bonds is 7. The fourth-order valence-electron chi connectivity index (χ4n) is 2.94. The Morgan fingerprint density at radius 1 is 1.03 bits per heavy atom. The third-order valence-corrected chi connectivity index (χ3v) is 5.63. The van der Waals surface area contributed by atoms with Crippen LogP contribution in [0, 0.1) is 6.92 Å². The first-order valence-corrected chi connectivity index (χ1v) is 10.3. The van der Waals surface area contributed by atoms with Crippen molar-refractivity contribution in [2.75, 3.05) is 6.54 Å². The molecule has 0 aliphatic heterocycles. The Bertz CT molecular complexity index is 1080. The predicted molar refractivity (Wildman–Crippen MR) is 115 cm³/mol. The van der Waals surface area contributed by atoms with Gasteiger partial charge in [0, 0.05) is 12.1 Å². The van der Waals surface area contributed by atoms with E-state index in [1.165, 1.54) is 22.5 Å². The highest BCUT2D eigenvalue weighted by Crippen LogP contribution is 2.28. The van der Waals surface area contributed by atoms with Crippen LogP contribution in [0.3, 0.4) is 0 Å². The fraction of sp³-hybridized carbons (Fsp3) is 0.174. The molecule has 0 fully saturated rings. The first-order chi connectivity index (χ1) is 14.2. The number of hydrogen-bond donors (Lipinski definition) is 1. The number of amides is 1. The smallest absolute Gasteiger partial charge is 0.261 e. The van der Waals surface area contributed by atoms with Crippen molar-refractivity contribution in [3.8, 4) is 22.2 Å². The number of aryl methyl sites for hydroxylation is 2. The quantitative estimate of drug-likeness (QED) is 0.434. The SMILES string of the molecule is Cc1ccc(-c2nc(-c3ccc(C(=O)NCCCc4ccccc4)s3)no2)cc1. The van der Waals surface area contributed by atoms with Crippen molar-refractivity contribution in [2.45, 2.75) is 19.8 Å². The average Bonchev–Trinajstić information content (AvgIpc) is 3.42. The molecule has 0 saturated carbocycles. The highest BCUT2D eigenvalue weighted by atomic mass is 32.1. The lowest BCUT2D eigenvalue weighted by Crippen LogP contribution is -2.23. The molecule has 1 N–H and O–H groups in total. The van der Waals surface area contributed by atoms with Crippen LogP contribution in [0.4, 0.5) is 0 Å². The van der Waals surface area contributed by atoms with Crippen molar-refractivity contribution in [2.24, 2.45) is 0 Å². The summed E-state index contributed by atoms with van der Waals surface area (Å²) in [5, 5.41) is 7.04. The molecule has 0 aliphatic rings. The lowest BCUT2D eigenvalue weighted by molar-refractivity contribution is 0.0957. The Labute approximate surface area is 173 Å². The molecule has 2 heterocycles. The molecular weight excluding hydrogens is 382 g/mol. The number of thiophene rings is 1. The monoisotopic (exact) mass is 403 g/mol. The first-order valence-electron chi connectivity index (χ1n) is 9.52. The summed E-state index contributed by atoms with van der Waals surface area (Å²) < 4.78 is 5.38. The molecule has 0 radical (unpaired) electrons. The summed E-state index contributed by atoms with van der Waals surface area (Å²) in [6.07, 6.45) is 1.85. The molecule has 2 aromatic heterocycles. The van der Waals surface area contributed by atoms with E-state index in [4.69, 9.17) is 4.52 Å². The van der Waals surface area contributed by atoms with Gasteiger partial charge in [0.2, 0.25) is 5.82 Å². The van der Waals surface area contributed by atoms with Crippen LogP contribution < -0.4 is 5.32 Å². The number of nitrogens with one attached hydrogen (secondary N) is 1. The number of carbonyl (C=O) groups is 1. The van der Waals surface area contributed by atoms with Gasteiger partial charge in [-0.15, -0.1) is 11.3 Å². The van der Waals surface area contributed by atoms with E-state index in [1.807, 2.05) is 55.5 Å². The fourth-order valence-corrected chi connectivity index (χ4v) is 3.79. The molecule has 29 heavy (non-hydrogen) atoms. The molecule has 4 rings (SSSR count). The second-order valence-electron chi connectivity index (χ2n) is 6.80. The lowest BCUT2D eigenvalue weighted by Gasteiger charge is -2.03. The molecule has 2 aromatic carbocycles. The molecule has 1 amide bonds. The van der Waals surface area contributed by atoms with E-state index in [2.05, 4.69) is 27.6 Å². The van der Waals surface area contributed by atoms with Gasteiger partial charge >= 0.3 is 0 Å². The summed E-state index contributed by atoms with van der Waals surface area (Å²) in [7, 11) is 0. The molecule has 0 spiro atoms. The summed E-state index contributed by atoms with van der Waals surface area (Å²) in [4.78, 5) is 18.3. The van der Waals surface area contributed by atoms with Gasteiger partial charge in [-0.25, -0.2) is 0 Å². The van der Waals surface area contributed by atoms with Crippen LogP contribution in [0.25, 0.3) is 22.2 Å². The van der Waals surface area contributed by atoms with Crippen LogP contribution >= 0.6 is 11.3 Å².